The van der Waals surface area contributed by atoms with Gasteiger partial charge >= 0.3 is 6.30 Å². The minimum absolute atomic E-state index is 0.255. The molecular formula is C5H3F5N2. The van der Waals surface area contributed by atoms with Gasteiger partial charge in [0.05, 0.1) is 0 Å². The molecule has 0 aliphatic rings. The van der Waals surface area contributed by atoms with Gasteiger partial charge in [-0.3, -0.25) is 0 Å². The van der Waals surface area contributed by atoms with Crippen LogP contribution in [-0.2, 0) is 6.30 Å². The maximum Gasteiger partial charge on any atom is 0.489 e. The molecule has 0 aliphatic carbocycles. The molecule has 1 aromatic rings. The molecule has 0 amide bonds. The Kier molecular flexibility index (Phi) is 2.03. The Labute approximate surface area is 63.6 Å². The highest BCUT2D eigenvalue weighted by atomic mass is 19.4. The van der Waals surface area contributed by atoms with Crippen LogP contribution in [0, 0.1) is 0 Å². The largest absolute Gasteiger partial charge is 0.489 e. The van der Waals surface area contributed by atoms with Crippen molar-refractivity contribution in [1.82, 2.24) is 9.55 Å². The summed E-state index contributed by atoms with van der Waals surface area (Å²) in [4.78, 5) is 2.88. The van der Waals surface area contributed by atoms with Crippen LogP contribution in [0.5, 0.6) is 0 Å². The average molecular weight is 186 g/mol. The fourth-order valence-electron chi connectivity index (χ4n) is 0.589. The van der Waals surface area contributed by atoms with Gasteiger partial charge in [0.25, 0.3) is 6.43 Å². The van der Waals surface area contributed by atoms with Crippen molar-refractivity contribution in [2.75, 3.05) is 0 Å². The molecule has 1 aromatic heterocycles. The number of alkyl halides is 5. The maximum atomic E-state index is 11.7. The van der Waals surface area contributed by atoms with E-state index >= 15 is 0 Å². The number of hydrogen-bond acceptors (Lipinski definition) is 1. The summed E-state index contributed by atoms with van der Waals surface area (Å²) in [6, 6.07) is 0. The zero-order chi connectivity index (χ0) is 9.35. The van der Waals surface area contributed by atoms with E-state index in [1.807, 2.05) is 0 Å². The first kappa shape index (κ1) is 8.95. The van der Waals surface area contributed by atoms with E-state index in [1.165, 1.54) is 0 Å². The minimum atomic E-state index is -4.68. The lowest BCUT2D eigenvalue weighted by Crippen LogP contribution is -2.13. The molecule has 0 radical (unpaired) electrons. The molecule has 0 N–H and O–H groups in total. The second kappa shape index (κ2) is 2.72. The Bertz CT molecular complexity index is 263. The van der Waals surface area contributed by atoms with Crippen molar-refractivity contribution in [2.45, 2.75) is 12.7 Å². The van der Waals surface area contributed by atoms with Gasteiger partial charge in [0.2, 0.25) is 0 Å². The Balaban J connectivity index is 2.92. The summed E-state index contributed by atoms with van der Waals surface area (Å²) in [7, 11) is 0. The van der Waals surface area contributed by atoms with Crippen molar-refractivity contribution in [2.24, 2.45) is 0 Å². The molecular weight excluding hydrogens is 183 g/mol. The zero-order valence-electron chi connectivity index (χ0n) is 5.52. The molecule has 0 saturated heterocycles. The first-order chi connectivity index (χ1) is 5.41. The van der Waals surface area contributed by atoms with E-state index in [0.717, 1.165) is 0 Å². The monoisotopic (exact) mass is 186 g/mol. The smallest absolute Gasteiger partial charge is 0.247 e. The number of nitrogens with zero attached hydrogens (tertiary/aromatic N) is 2. The van der Waals surface area contributed by atoms with E-state index in [1.54, 1.807) is 0 Å². The predicted molar refractivity (Wildman–Crippen MR) is 28.5 cm³/mol. The number of halogens is 5. The van der Waals surface area contributed by atoms with E-state index in [2.05, 4.69) is 4.98 Å². The molecule has 0 bridgehead atoms. The van der Waals surface area contributed by atoms with Crippen LogP contribution in [0.25, 0.3) is 0 Å². The second-order valence-electron chi connectivity index (χ2n) is 1.97. The average Bonchev–Trinajstić information content (AvgIpc) is 2.30. The Morgan fingerprint density at radius 1 is 1.33 bits per heavy atom. The normalized spacial score (nSPS) is 12.5. The van der Waals surface area contributed by atoms with Crippen LogP contribution in [0.4, 0.5) is 22.0 Å². The number of imidazole rings is 1. The summed E-state index contributed by atoms with van der Waals surface area (Å²) in [6.07, 6.45) is -7.10. The van der Waals surface area contributed by atoms with Gasteiger partial charge in [0.15, 0.2) is 0 Å². The summed E-state index contributed by atoms with van der Waals surface area (Å²) >= 11 is 0. The lowest BCUT2D eigenvalue weighted by atomic mass is 10.5. The van der Waals surface area contributed by atoms with Crippen molar-refractivity contribution in [3.8, 4) is 0 Å². The van der Waals surface area contributed by atoms with E-state index in [4.69, 9.17) is 0 Å². The van der Waals surface area contributed by atoms with Crippen molar-refractivity contribution in [1.29, 1.82) is 0 Å². The van der Waals surface area contributed by atoms with Gasteiger partial charge in [0, 0.05) is 6.20 Å². The third-order valence-corrected chi connectivity index (χ3v) is 1.12. The summed E-state index contributed by atoms with van der Waals surface area (Å²) in [6.45, 7) is 0. The van der Waals surface area contributed by atoms with Crippen LogP contribution in [0.1, 0.15) is 12.1 Å². The lowest BCUT2D eigenvalue weighted by molar-refractivity contribution is -0.204. The van der Waals surface area contributed by atoms with E-state index in [-0.39, 0.29) is 10.8 Å². The van der Waals surface area contributed by atoms with E-state index in [0.29, 0.717) is 6.33 Å². The molecule has 2 nitrogen and oxygen atoms in total. The third-order valence-electron chi connectivity index (χ3n) is 1.12. The maximum absolute atomic E-state index is 11.7. The quantitative estimate of drug-likeness (QED) is 0.615. The molecule has 7 heteroatoms. The molecule has 0 saturated carbocycles. The molecule has 12 heavy (non-hydrogen) atoms. The third kappa shape index (κ3) is 1.72. The van der Waals surface area contributed by atoms with Gasteiger partial charge in [-0.25, -0.2) is 18.3 Å². The van der Waals surface area contributed by atoms with E-state index < -0.39 is 18.4 Å². The molecule has 1 rings (SSSR count). The standard InChI is InChI=1S/C5H3F5N2/c6-4(7)3-1-12(2-11-3)5(8,9)10/h1-2,4H. The lowest BCUT2D eigenvalue weighted by Gasteiger charge is -2.04. The number of rotatable bonds is 1. The number of hydrogen-bond donors (Lipinski definition) is 0. The molecule has 68 valence electrons. The van der Waals surface area contributed by atoms with Crippen LogP contribution in [0.15, 0.2) is 12.5 Å². The topological polar surface area (TPSA) is 17.8 Å². The van der Waals surface area contributed by atoms with Crippen molar-refractivity contribution < 1.29 is 22.0 Å². The van der Waals surface area contributed by atoms with Gasteiger partial charge in [-0.1, -0.05) is 0 Å². The van der Waals surface area contributed by atoms with Crippen LogP contribution >= 0.6 is 0 Å². The Morgan fingerprint density at radius 3 is 2.17 bits per heavy atom. The first-order valence-corrected chi connectivity index (χ1v) is 2.80. The highest BCUT2D eigenvalue weighted by Crippen LogP contribution is 2.24. The Morgan fingerprint density at radius 2 is 1.92 bits per heavy atom. The SMILES string of the molecule is FC(F)c1cn(C(F)(F)F)cn1. The van der Waals surface area contributed by atoms with Crippen molar-refractivity contribution >= 4 is 0 Å². The van der Waals surface area contributed by atoms with Gasteiger partial charge in [-0.2, -0.15) is 0 Å². The van der Waals surface area contributed by atoms with E-state index in [9.17, 15) is 22.0 Å². The highest BCUT2D eigenvalue weighted by molar-refractivity contribution is 4.98. The van der Waals surface area contributed by atoms with Crippen LogP contribution in [0.2, 0.25) is 0 Å². The molecule has 0 aliphatic heterocycles. The number of aromatic nitrogens is 2. The molecule has 0 fully saturated rings. The Hall–Kier alpha value is -1.14. The van der Waals surface area contributed by atoms with Gasteiger partial charge in [-0.05, 0) is 0 Å². The zero-order valence-corrected chi connectivity index (χ0v) is 5.52. The fraction of sp³-hybridized carbons (Fsp3) is 0.400. The molecule has 0 spiro atoms. The van der Waals surface area contributed by atoms with Crippen LogP contribution in [-0.4, -0.2) is 9.55 Å². The second-order valence-corrected chi connectivity index (χ2v) is 1.97. The molecule has 1 heterocycles. The summed E-state index contributed by atoms with van der Waals surface area (Å²) in [5.74, 6) is 0. The first-order valence-electron chi connectivity index (χ1n) is 2.80. The molecule has 0 atom stereocenters. The molecule has 0 aromatic carbocycles. The van der Waals surface area contributed by atoms with Gasteiger partial charge < -0.3 is 0 Å². The summed E-state index contributed by atoms with van der Waals surface area (Å²) < 4.78 is 58.4. The summed E-state index contributed by atoms with van der Waals surface area (Å²) in [5, 5.41) is 0. The molecule has 0 unspecified atom stereocenters. The van der Waals surface area contributed by atoms with Gasteiger partial charge in [-0.15, -0.1) is 13.2 Å². The van der Waals surface area contributed by atoms with Crippen molar-refractivity contribution in [3.63, 3.8) is 0 Å². The van der Waals surface area contributed by atoms with Gasteiger partial charge in [0.1, 0.15) is 12.0 Å². The highest BCUT2D eigenvalue weighted by Gasteiger charge is 2.31. The van der Waals surface area contributed by atoms with Crippen molar-refractivity contribution in [3.05, 3.63) is 18.2 Å². The fourth-order valence-corrected chi connectivity index (χ4v) is 0.589. The minimum Gasteiger partial charge on any atom is -0.247 e. The predicted octanol–water partition coefficient (Wildman–Crippen LogP) is 2.30. The van der Waals surface area contributed by atoms with Crippen LogP contribution < -0.4 is 0 Å². The van der Waals surface area contributed by atoms with Crippen LogP contribution in [0.3, 0.4) is 0 Å². The summed E-state index contributed by atoms with van der Waals surface area (Å²) in [5.41, 5.74) is -0.882.